The minimum absolute atomic E-state index is 0.0738. The van der Waals surface area contributed by atoms with Crippen LogP contribution in [0, 0.1) is 0 Å². The van der Waals surface area contributed by atoms with E-state index in [1.165, 1.54) is 0 Å². The van der Waals surface area contributed by atoms with Crippen LogP contribution < -0.4 is 10.6 Å². The van der Waals surface area contributed by atoms with Crippen molar-refractivity contribution in [1.29, 1.82) is 0 Å². The maximum Gasteiger partial charge on any atom is 0.320 e. The number of hydrogen-bond donors (Lipinski definition) is 3. The van der Waals surface area contributed by atoms with E-state index < -0.39 is 5.54 Å². The van der Waals surface area contributed by atoms with Crippen molar-refractivity contribution in [2.75, 3.05) is 11.9 Å². The van der Waals surface area contributed by atoms with Crippen molar-refractivity contribution < 1.29 is 9.90 Å². The fourth-order valence-corrected chi connectivity index (χ4v) is 1.56. The lowest BCUT2D eigenvalue weighted by molar-refractivity contribution is 0.155. The number of hydrogen-bond acceptors (Lipinski definition) is 3. The van der Waals surface area contributed by atoms with Gasteiger partial charge in [0.25, 0.3) is 0 Å². The normalized spacial score (nSPS) is 11.3. The Morgan fingerprint density at radius 1 is 1.53 bits per heavy atom. The lowest BCUT2D eigenvalue weighted by atomic mass is 9.94. The number of anilines is 1. The highest BCUT2D eigenvalue weighted by Crippen LogP contribution is 2.14. The van der Waals surface area contributed by atoms with Crippen molar-refractivity contribution in [3.05, 3.63) is 12.3 Å². The van der Waals surface area contributed by atoms with Crippen LogP contribution in [-0.2, 0) is 7.05 Å². The third-order valence-electron chi connectivity index (χ3n) is 2.99. The van der Waals surface area contributed by atoms with Crippen molar-refractivity contribution in [2.45, 2.75) is 32.2 Å². The molecule has 17 heavy (non-hydrogen) atoms. The highest BCUT2D eigenvalue weighted by atomic mass is 16.3. The SMILES string of the molecule is CCC(CC)(CO)NC(=O)Nc1ccn(C)n1. The van der Waals surface area contributed by atoms with E-state index in [4.69, 9.17) is 0 Å². The number of aryl methyl sites for hydroxylation is 1. The molecular weight excluding hydrogens is 220 g/mol. The average Bonchev–Trinajstić information content (AvgIpc) is 2.72. The summed E-state index contributed by atoms with van der Waals surface area (Å²) < 4.78 is 1.61. The van der Waals surface area contributed by atoms with Crippen LogP contribution in [0.25, 0.3) is 0 Å². The second-order valence-electron chi connectivity index (χ2n) is 4.10. The van der Waals surface area contributed by atoms with Crippen LogP contribution >= 0.6 is 0 Å². The molecule has 1 rings (SSSR count). The molecule has 0 saturated carbocycles. The van der Waals surface area contributed by atoms with E-state index >= 15 is 0 Å². The van der Waals surface area contributed by atoms with E-state index in [1.54, 1.807) is 24.0 Å². The molecule has 96 valence electrons. The Balaban J connectivity index is 2.59. The number of carbonyl (C=O) groups is 1. The molecule has 1 heterocycles. The molecule has 0 bridgehead atoms. The predicted octanol–water partition coefficient (Wildman–Crippen LogP) is 1.09. The van der Waals surface area contributed by atoms with Crippen molar-refractivity contribution in [1.82, 2.24) is 15.1 Å². The van der Waals surface area contributed by atoms with Crippen LogP contribution in [0.4, 0.5) is 10.6 Å². The third-order valence-corrected chi connectivity index (χ3v) is 2.99. The number of nitrogens with one attached hydrogen (secondary N) is 2. The molecule has 0 unspecified atom stereocenters. The first-order valence-corrected chi connectivity index (χ1v) is 5.75. The van der Waals surface area contributed by atoms with Gasteiger partial charge in [-0.25, -0.2) is 4.79 Å². The largest absolute Gasteiger partial charge is 0.394 e. The Kier molecular flexibility index (Phi) is 4.51. The van der Waals surface area contributed by atoms with E-state index in [0.717, 1.165) is 0 Å². The number of urea groups is 1. The zero-order valence-electron chi connectivity index (χ0n) is 10.5. The summed E-state index contributed by atoms with van der Waals surface area (Å²) in [4.78, 5) is 11.7. The molecule has 1 aromatic heterocycles. The molecule has 0 aromatic carbocycles. The molecule has 6 heteroatoms. The first-order valence-electron chi connectivity index (χ1n) is 5.75. The fourth-order valence-electron chi connectivity index (χ4n) is 1.56. The highest BCUT2D eigenvalue weighted by Gasteiger charge is 2.27. The van der Waals surface area contributed by atoms with E-state index in [9.17, 15) is 9.90 Å². The average molecular weight is 240 g/mol. The predicted molar refractivity (Wildman–Crippen MR) is 65.8 cm³/mol. The number of aliphatic hydroxyl groups is 1. The Labute approximate surface area is 101 Å². The first kappa shape index (κ1) is 13.5. The monoisotopic (exact) mass is 240 g/mol. The molecule has 0 aliphatic carbocycles. The zero-order valence-corrected chi connectivity index (χ0v) is 10.5. The molecule has 0 atom stereocenters. The van der Waals surface area contributed by atoms with Crippen LogP contribution in [0.3, 0.4) is 0 Å². The van der Waals surface area contributed by atoms with Gasteiger partial charge in [0.15, 0.2) is 5.82 Å². The summed E-state index contributed by atoms with van der Waals surface area (Å²) in [6, 6.07) is 1.36. The van der Waals surface area contributed by atoms with E-state index in [2.05, 4.69) is 15.7 Å². The molecule has 0 spiro atoms. The summed E-state index contributed by atoms with van der Waals surface area (Å²) in [5.41, 5.74) is -0.557. The van der Waals surface area contributed by atoms with E-state index in [1.807, 2.05) is 13.8 Å². The maximum atomic E-state index is 11.7. The summed E-state index contributed by atoms with van der Waals surface area (Å²) in [5, 5.41) is 18.8. The Hall–Kier alpha value is -1.56. The standard InChI is InChI=1S/C11H20N4O2/c1-4-11(5-2,8-16)13-10(17)12-9-6-7-15(3)14-9/h6-7,16H,4-5,8H2,1-3H3,(H2,12,13,14,17). The minimum Gasteiger partial charge on any atom is -0.394 e. The van der Waals surface area contributed by atoms with Gasteiger partial charge in [-0.05, 0) is 12.8 Å². The second kappa shape index (κ2) is 5.67. The van der Waals surface area contributed by atoms with E-state index in [-0.39, 0.29) is 12.6 Å². The first-order chi connectivity index (χ1) is 8.05. The Bertz CT molecular complexity index is 363. The van der Waals surface area contributed by atoms with Gasteiger partial charge < -0.3 is 10.4 Å². The van der Waals surface area contributed by atoms with Crippen molar-refractivity contribution >= 4 is 11.8 Å². The van der Waals surface area contributed by atoms with Gasteiger partial charge in [-0.2, -0.15) is 5.10 Å². The molecule has 0 fully saturated rings. The van der Waals surface area contributed by atoms with Gasteiger partial charge in [0.1, 0.15) is 0 Å². The lowest BCUT2D eigenvalue weighted by Crippen LogP contribution is -2.52. The van der Waals surface area contributed by atoms with Crippen molar-refractivity contribution in [2.24, 2.45) is 7.05 Å². The molecule has 0 saturated heterocycles. The van der Waals surface area contributed by atoms with Crippen molar-refractivity contribution in [3.8, 4) is 0 Å². The van der Waals surface area contributed by atoms with Gasteiger partial charge in [-0.3, -0.25) is 10.00 Å². The quantitative estimate of drug-likeness (QED) is 0.721. The second-order valence-corrected chi connectivity index (χ2v) is 4.10. The number of rotatable bonds is 5. The molecule has 3 N–H and O–H groups in total. The van der Waals surface area contributed by atoms with Crippen LogP contribution in [-0.4, -0.2) is 33.1 Å². The van der Waals surface area contributed by atoms with Gasteiger partial charge in [0.2, 0.25) is 0 Å². The Morgan fingerprint density at radius 3 is 2.59 bits per heavy atom. The van der Waals surface area contributed by atoms with Crippen LogP contribution in [0.15, 0.2) is 12.3 Å². The van der Waals surface area contributed by atoms with Gasteiger partial charge in [0.05, 0.1) is 12.1 Å². The molecular formula is C11H20N4O2. The fraction of sp³-hybridized carbons (Fsp3) is 0.636. The summed E-state index contributed by atoms with van der Waals surface area (Å²) in [6.45, 7) is 3.79. The summed E-state index contributed by atoms with van der Waals surface area (Å²) in [7, 11) is 1.78. The number of aliphatic hydroxyl groups excluding tert-OH is 1. The lowest BCUT2D eigenvalue weighted by Gasteiger charge is -2.30. The van der Waals surface area contributed by atoms with Gasteiger partial charge >= 0.3 is 6.03 Å². The smallest absolute Gasteiger partial charge is 0.320 e. The molecule has 1 aromatic rings. The minimum atomic E-state index is -0.557. The van der Waals surface area contributed by atoms with Crippen LogP contribution in [0.2, 0.25) is 0 Å². The van der Waals surface area contributed by atoms with Gasteiger partial charge in [0, 0.05) is 19.3 Å². The van der Waals surface area contributed by atoms with Gasteiger partial charge in [-0.1, -0.05) is 13.8 Å². The van der Waals surface area contributed by atoms with Gasteiger partial charge in [-0.15, -0.1) is 0 Å². The molecule has 2 amide bonds. The Morgan fingerprint density at radius 2 is 2.18 bits per heavy atom. The summed E-state index contributed by atoms with van der Waals surface area (Å²) >= 11 is 0. The highest BCUT2D eigenvalue weighted by molar-refractivity contribution is 5.88. The molecule has 0 aliphatic heterocycles. The number of carbonyl (C=O) groups excluding carboxylic acids is 1. The molecule has 6 nitrogen and oxygen atoms in total. The number of amides is 2. The zero-order chi connectivity index (χ0) is 12.9. The summed E-state index contributed by atoms with van der Waals surface area (Å²) in [6.07, 6.45) is 3.10. The number of nitrogens with zero attached hydrogens (tertiary/aromatic N) is 2. The van der Waals surface area contributed by atoms with Crippen molar-refractivity contribution in [3.63, 3.8) is 0 Å². The molecule has 0 radical (unpaired) electrons. The molecule has 0 aliphatic rings. The summed E-state index contributed by atoms with van der Waals surface area (Å²) in [5.74, 6) is 0.490. The number of aromatic nitrogens is 2. The third kappa shape index (κ3) is 3.45. The van der Waals surface area contributed by atoms with Crippen LogP contribution in [0.5, 0.6) is 0 Å². The van der Waals surface area contributed by atoms with E-state index in [0.29, 0.717) is 18.7 Å². The maximum absolute atomic E-state index is 11.7. The topological polar surface area (TPSA) is 79.2 Å². The van der Waals surface area contributed by atoms with Crippen LogP contribution in [0.1, 0.15) is 26.7 Å².